The van der Waals surface area contributed by atoms with Gasteiger partial charge in [-0.15, -0.1) is 0 Å². The standard InChI is InChI=1S/C15H17NO5/c1-20-14(18)10-21-13-4-2-11(3-5-13)15(19)16-8-6-12(17)7-9-16/h2-5H,6-10H2,1H3. The summed E-state index contributed by atoms with van der Waals surface area (Å²) in [5.41, 5.74) is 0.537. The number of piperidine rings is 1. The lowest BCUT2D eigenvalue weighted by atomic mass is 10.1. The van der Waals surface area contributed by atoms with E-state index in [1.165, 1.54) is 7.11 Å². The van der Waals surface area contributed by atoms with E-state index in [0.29, 0.717) is 37.2 Å². The molecule has 2 rings (SSSR count). The maximum absolute atomic E-state index is 12.2. The minimum Gasteiger partial charge on any atom is -0.482 e. The largest absolute Gasteiger partial charge is 0.482 e. The normalized spacial score (nSPS) is 14.7. The van der Waals surface area contributed by atoms with Gasteiger partial charge in [-0.05, 0) is 24.3 Å². The van der Waals surface area contributed by atoms with Crippen LogP contribution in [0.15, 0.2) is 24.3 Å². The van der Waals surface area contributed by atoms with Crippen LogP contribution in [-0.4, -0.2) is 49.4 Å². The van der Waals surface area contributed by atoms with Crippen LogP contribution in [0.2, 0.25) is 0 Å². The van der Waals surface area contributed by atoms with E-state index >= 15 is 0 Å². The summed E-state index contributed by atoms with van der Waals surface area (Å²) in [6, 6.07) is 6.55. The Balaban J connectivity index is 1.93. The molecule has 112 valence electrons. The number of amides is 1. The Kier molecular flexibility index (Phi) is 4.92. The number of carbonyl (C=O) groups excluding carboxylic acids is 3. The first-order valence-electron chi connectivity index (χ1n) is 6.71. The van der Waals surface area contributed by atoms with Crippen molar-refractivity contribution >= 4 is 17.7 Å². The number of Topliss-reactive ketones (excluding diaryl/α,β-unsaturated/α-hetero) is 1. The highest BCUT2D eigenvalue weighted by Crippen LogP contribution is 2.16. The van der Waals surface area contributed by atoms with E-state index in [1.54, 1.807) is 29.2 Å². The van der Waals surface area contributed by atoms with Crippen molar-refractivity contribution in [2.24, 2.45) is 0 Å². The number of rotatable bonds is 4. The van der Waals surface area contributed by atoms with Crippen LogP contribution in [0.4, 0.5) is 0 Å². The summed E-state index contributed by atoms with van der Waals surface area (Å²) in [4.78, 5) is 36.0. The molecule has 0 unspecified atom stereocenters. The van der Waals surface area contributed by atoms with Crippen molar-refractivity contribution in [3.8, 4) is 5.75 Å². The number of esters is 1. The molecule has 1 aromatic rings. The van der Waals surface area contributed by atoms with Gasteiger partial charge in [-0.25, -0.2) is 4.79 Å². The zero-order valence-electron chi connectivity index (χ0n) is 11.8. The molecule has 0 spiro atoms. The van der Waals surface area contributed by atoms with Crippen LogP contribution in [0.3, 0.4) is 0 Å². The average Bonchev–Trinajstić information content (AvgIpc) is 2.53. The van der Waals surface area contributed by atoms with Crippen molar-refractivity contribution in [3.63, 3.8) is 0 Å². The molecule has 0 saturated carbocycles. The van der Waals surface area contributed by atoms with E-state index < -0.39 is 5.97 Å². The lowest BCUT2D eigenvalue weighted by Gasteiger charge is -2.26. The molecule has 21 heavy (non-hydrogen) atoms. The molecule has 1 fully saturated rings. The third-order valence-corrected chi connectivity index (χ3v) is 3.29. The number of methoxy groups -OCH3 is 1. The predicted molar refractivity (Wildman–Crippen MR) is 74.1 cm³/mol. The van der Waals surface area contributed by atoms with Crippen LogP contribution in [-0.2, 0) is 14.3 Å². The van der Waals surface area contributed by atoms with Gasteiger partial charge in [0.1, 0.15) is 11.5 Å². The highest BCUT2D eigenvalue weighted by atomic mass is 16.6. The Labute approximate surface area is 122 Å². The highest BCUT2D eigenvalue weighted by molar-refractivity contribution is 5.95. The molecule has 1 saturated heterocycles. The van der Waals surface area contributed by atoms with Gasteiger partial charge in [-0.1, -0.05) is 0 Å². The number of nitrogens with zero attached hydrogens (tertiary/aromatic N) is 1. The number of carbonyl (C=O) groups is 3. The van der Waals surface area contributed by atoms with Crippen LogP contribution >= 0.6 is 0 Å². The number of hydrogen-bond donors (Lipinski definition) is 0. The Hall–Kier alpha value is -2.37. The van der Waals surface area contributed by atoms with Gasteiger partial charge < -0.3 is 14.4 Å². The quantitative estimate of drug-likeness (QED) is 0.775. The van der Waals surface area contributed by atoms with E-state index in [1.807, 2.05) is 0 Å². The average molecular weight is 291 g/mol. The molecule has 1 heterocycles. The van der Waals surface area contributed by atoms with Crippen LogP contribution in [0.1, 0.15) is 23.2 Å². The highest BCUT2D eigenvalue weighted by Gasteiger charge is 2.21. The van der Waals surface area contributed by atoms with E-state index in [4.69, 9.17) is 4.74 Å². The summed E-state index contributed by atoms with van der Waals surface area (Å²) in [7, 11) is 1.29. The van der Waals surface area contributed by atoms with Crippen LogP contribution in [0.25, 0.3) is 0 Å². The third kappa shape index (κ3) is 4.05. The van der Waals surface area contributed by atoms with Gasteiger partial charge in [0.15, 0.2) is 6.61 Å². The molecule has 0 bridgehead atoms. The van der Waals surface area contributed by atoms with Crippen molar-refractivity contribution in [2.75, 3.05) is 26.8 Å². The summed E-state index contributed by atoms with van der Waals surface area (Å²) in [5.74, 6) is 0.131. The van der Waals surface area contributed by atoms with E-state index in [2.05, 4.69) is 4.74 Å². The molecule has 0 atom stereocenters. The van der Waals surface area contributed by atoms with E-state index in [9.17, 15) is 14.4 Å². The molecular formula is C15H17NO5. The van der Waals surface area contributed by atoms with Gasteiger partial charge in [0.2, 0.25) is 0 Å². The lowest BCUT2D eigenvalue weighted by Crippen LogP contribution is -2.38. The Morgan fingerprint density at radius 3 is 2.33 bits per heavy atom. The number of ketones is 1. The topological polar surface area (TPSA) is 72.9 Å². The Morgan fingerprint density at radius 2 is 1.76 bits per heavy atom. The molecule has 1 amide bonds. The van der Waals surface area contributed by atoms with Crippen LogP contribution in [0.5, 0.6) is 5.75 Å². The van der Waals surface area contributed by atoms with Gasteiger partial charge in [0, 0.05) is 31.5 Å². The minimum absolute atomic E-state index is 0.0954. The van der Waals surface area contributed by atoms with Crippen molar-refractivity contribution in [2.45, 2.75) is 12.8 Å². The fourth-order valence-corrected chi connectivity index (χ4v) is 2.04. The van der Waals surface area contributed by atoms with E-state index in [-0.39, 0.29) is 18.3 Å². The summed E-state index contributed by atoms with van der Waals surface area (Å²) in [5, 5.41) is 0. The molecule has 6 nitrogen and oxygen atoms in total. The van der Waals surface area contributed by atoms with Crippen molar-refractivity contribution in [3.05, 3.63) is 29.8 Å². The second kappa shape index (κ2) is 6.88. The smallest absolute Gasteiger partial charge is 0.343 e. The van der Waals surface area contributed by atoms with Crippen LogP contribution < -0.4 is 4.74 Å². The van der Waals surface area contributed by atoms with Crippen molar-refractivity contribution in [1.29, 1.82) is 0 Å². The Bertz CT molecular complexity index is 527. The summed E-state index contributed by atoms with van der Waals surface area (Å²) < 4.78 is 9.68. The second-order valence-corrected chi connectivity index (χ2v) is 4.72. The van der Waals surface area contributed by atoms with Crippen molar-refractivity contribution in [1.82, 2.24) is 4.90 Å². The summed E-state index contributed by atoms with van der Waals surface area (Å²) in [6.07, 6.45) is 0.845. The number of likely N-dealkylation sites (tertiary alicyclic amines) is 1. The maximum atomic E-state index is 12.2. The molecule has 6 heteroatoms. The summed E-state index contributed by atoms with van der Waals surface area (Å²) >= 11 is 0. The zero-order valence-corrected chi connectivity index (χ0v) is 11.8. The molecule has 0 aliphatic carbocycles. The number of ether oxygens (including phenoxy) is 2. The molecular weight excluding hydrogens is 274 g/mol. The first kappa shape index (κ1) is 15.0. The maximum Gasteiger partial charge on any atom is 0.343 e. The summed E-state index contributed by atoms with van der Waals surface area (Å²) in [6.45, 7) is 0.772. The fraction of sp³-hybridized carbons (Fsp3) is 0.400. The first-order chi connectivity index (χ1) is 10.1. The fourth-order valence-electron chi connectivity index (χ4n) is 2.04. The molecule has 0 N–H and O–H groups in total. The molecule has 0 aromatic heterocycles. The molecule has 1 aliphatic rings. The molecule has 0 radical (unpaired) electrons. The van der Waals surface area contributed by atoms with Crippen LogP contribution in [0, 0.1) is 0 Å². The third-order valence-electron chi connectivity index (χ3n) is 3.29. The van der Waals surface area contributed by atoms with Gasteiger partial charge in [0.05, 0.1) is 7.11 Å². The molecule has 1 aromatic carbocycles. The predicted octanol–water partition coefficient (Wildman–Crippen LogP) is 1.04. The first-order valence-corrected chi connectivity index (χ1v) is 6.71. The van der Waals surface area contributed by atoms with Gasteiger partial charge in [-0.2, -0.15) is 0 Å². The van der Waals surface area contributed by atoms with Gasteiger partial charge >= 0.3 is 5.97 Å². The minimum atomic E-state index is -0.465. The monoisotopic (exact) mass is 291 g/mol. The number of benzene rings is 1. The van der Waals surface area contributed by atoms with Gasteiger partial charge in [0.25, 0.3) is 5.91 Å². The van der Waals surface area contributed by atoms with E-state index in [0.717, 1.165) is 0 Å². The molecule has 1 aliphatic heterocycles. The van der Waals surface area contributed by atoms with Crippen molar-refractivity contribution < 1.29 is 23.9 Å². The zero-order chi connectivity index (χ0) is 15.2. The lowest BCUT2D eigenvalue weighted by molar-refractivity contribution is -0.142. The Morgan fingerprint density at radius 1 is 1.14 bits per heavy atom. The SMILES string of the molecule is COC(=O)COc1ccc(C(=O)N2CCC(=O)CC2)cc1. The second-order valence-electron chi connectivity index (χ2n) is 4.72. The van der Waals surface area contributed by atoms with Gasteiger partial charge in [-0.3, -0.25) is 9.59 Å². The number of hydrogen-bond acceptors (Lipinski definition) is 5.